The van der Waals surface area contributed by atoms with E-state index in [0.29, 0.717) is 15.8 Å². The second-order valence-electron chi connectivity index (χ2n) is 3.27. The van der Waals surface area contributed by atoms with Gasteiger partial charge in [-0.15, -0.1) is 10.2 Å². The molecular weight excluding hydrogens is 224 g/mol. The van der Waals surface area contributed by atoms with Gasteiger partial charge in [0, 0.05) is 5.56 Å². The summed E-state index contributed by atoms with van der Waals surface area (Å²) in [6.07, 6.45) is 0. The molecule has 6 heteroatoms. The molecule has 0 radical (unpaired) electrons. The second kappa shape index (κ2) is 4.28. The third-order valence-electron chi connectivity index (χ3n) is 1.97. The van der Waals surface area contributed by atoms with Gasteiger partial charge in [-0.25, -0.2) is 0 Å². The van der Waals surface area contributed by atoms with E-state index in [9.17, 15) is 4.79 Å². The van der Waals surface area contributed by atoms with Crippen molar-refractivity contribution in [2.75, 3.05) is 11.1 Å². The predicted molar refractivity (Wildman–Crippen MR) is 63.5 cm³/mol. The van der Waals surface area contributed by atoms with Gasteiger partial charge in [0.25, 0.3) is 5.91 Å². The summed E-state index contributed by atoms with van der Waals surface area (Å²) in [7, 11) is 0. The van der Waals surface area contributed by atoms with E-state index in [0.717, 1.165) is 16.9 Å². The molecule has 0 aliphatic rings. The number of hydrogen-bond acceptors (Lipinski definition) is 5. The minimum Gasteiger partial charge on any atom is -0.374 e. The van der Waals surface area contributed by atoms with Crippen molar-refractivity contribution in [3.05, 3.63) is 35.4 Å². The van der Waals surface area contributed by atoms with Gasteiger partial charge in [0.2, 0.25) is 10.3 Å². The average molecular weight is 234 g/mol. The summed E-state index contributed by atoms with van der Waals surface area (Å²) in [5, 5.41) is 10.7. The fourth-order valence-corrected chi connectivity index (χ4v) is 1.66. The summed E-state index contributed by atoms with van der Waals surface area (Å²) in [5.74, 6) is -0.212. The lowest BCUT2D eigenvalue weighted by Gasteiger charge is -2.00. The molecule has 1 heterocycles. The lowest BCUT2D eigenvalue weighted by molar-refractivity contribution is 0.102. The highest BCUT2D eigenvalue weighted by Gasteiger charge is 2.08. The summed E-state index contributed by atoms with van der Waals surface area (Å²) in [6, 6.07) is 7.27. The van der Waals surface area contributed by atoms with Crippen molar-refractivity contribution in [2.24, 2.45) is 0 Å². The summed E-state index contributed by atoms with van der Waals surface area (Å²) < 4.78 is 0. The van der Waals surface area contributed by atoms with Gasteiger partial charge in [0.15, 0.2) is 0 Å². The van der Waals surface area contributed by atoms with E-state index in [1.807, 2.05) is 19.1 Å². The first-order valence-electron chi connectivity index (χ1n) is 4.62. The number of hydrogen-bond donors (Lipinski definition) is 2. The van der Waals surface area contributed by atoms with Crippen molar-refractivity contribution < 1.29 is 4.79 Å². The second-order valence-corrected chi connectivity index (χ2v) is 4.27. The van der Waals surface area contributed by atoms with Crippen molar-refractivity contribution in [1.82, 2.24) is 10.2 Å². The Hall–Kier alpha value is -1.95. The Kier molecular flexibility index (Phi) is 2.82. The van der Waals surface area contributed by atoms with Gasteiger partial charge < -0.3 is 5.73 Å². The zero-order valence-electron chi connectivity index (χ0n) is 8.60. The molecule has 1 aromatic heterocycles. The van der Waals surface area contributed by atoms with Gasteiger partial charge in [-0.05, 0) is 19.1 Å². The van der Waals surface area contributed by atoms with Crippen LogP contribution < -0.4 is 11.1 Å². The molecule has 0 aliphatic heterocycles. The molecule has 0 spiro atoms. The lowest BCUT2D eigenvalue weighted by atomic mass is 10.1. The van der Waals surface area contributed by atoms with Gasteiger partial charge in [0.1, 0.15) is 0 Å². The van der Waals surface area contributed by atoms with Crippen LogP contribution in [0, 0.1) is 6.92 Å². The topological polar surface area (TPSA) is 80.9 Å². The molecular formula is C10H10N4OS. The van der Waals surface area contributed by atoms with Crippen LogP contribution in [0.5, 0.6) is 0 Å². The fourth-order valence-electron chi connectivity index (χ4n) is 1.16. The van der Waals surface area contributed by atoms with E-state index < -0.39 is 0 Å². The molecule has 1 amide bonds. The molecule has 1 aromatic carbocycles. The molecule has 16 heavy (non-hydrogen) atoms. The zero-order chi connectivity index (χ0) is 11.5. The van der Waals surface area contributed by atoms with Gasteiger partial charge >= 0.3 is 0 Å². The van der Waals surface area contributed by atoms with Crippen LogP contribution in [0.1, 0.15) is 15.9 Å². The van der Waals surface area contributed by atoms with Crippen molar-refractivity contribution in [3.8, 4) is 0 Å². The quantitative estimate of drug-likeness (QED) is 0.828. The molecule has 0 atom stereocenters. The third-order valence-corrected chi connectivity index (χ3v) is 2.64. The third kappa shape index (κ3) is 2.34. The molecule has 2 aromatic rings. The molecule has 3 N–H and O–H groups in total. The first-order valence-corrected chi connectivity index (χ1v) is 5.44. The summed E-state index contributed by atoms with van der Waals surface area (Å²) >= 11 is 1.14. The number of aryl methyl sites for hydroxylation is 1. The van der Waals surface area contributed by atoms with Gasteiger partial charge in [0.05, 0.1) is 0 Å². The number of anilines is 2. The summed E-state index contributed by atoms with van der Waals surface area (Å²) in [6.45, 7) is 1.97. The van der Waals surface area contributed by atoms with E-state index >= 15 is 0 Å². The maximum atomic E-state index is 11.7. The van der Waals surface area contributed by atoms with E-state index in [1.165, 1.54) is 0 Å². The highest BCUT2D eigenvalue weighted by atomic mass is 32.1. The first-order chi connectivity index (χ1) is 7.65. The lowest BCUT2D eigenvalue weighted by Crippen LogP contribution is -2.11. The first kappa shape index (κ1) is 10.6. The molecule has 0 bridgehead atoms. The Bertz CT molecular complexity index is 506. The predicted octanol–water partition coefficient (Wildman–Crippen LogP) is 1.68. The van der Waals surface area contributed by atoms with E-state index in [4.69, 9.17) is 5.73 Å². The number of benzene rings is 1. The number of amides is 1. The van der Waals surface area contributed by atoms with Crippen molar-refractivity contribution in [2.45, 2.75) is 6.92 Å². The average Bonchev–Trinajstić information content (AvgIpc) is 2.65. The summed E-state index contributed by atoms with van der Waals surface area (Å²) in [4.78, 5) is 11.7. The number of nitrogens with one attached hydrogen (secondary N) is 1. The van der Waals surface area contributed by atoms with Crippen LogP contribution in [-0.2, 0) is 0 Å². The van der Waals surface area contributed by atoms with Crippen LogP contribution >= 0.6 is 11.3 Å². The van der Waals surface area contributed by atoms with Crippen LogP contribution in [0.15, 0.2) is 24.3 Å². The highest BCUT2D eigenvalue weighted by Crippen LogP contribution is 2.17. The Morgan fingerprint density at radius 3 is 2.56 bits per heavy atom. The molecule has 0 saturated heterocycles. The summed E-state index contributed by atoms with van der Waals surface area (Å²) in [5.41, 5.74) is 7.10. The van der Waals surface area contributed by atoms with Crippen LogP contribution in [0.4, 0.5) is 10.3 Å². The monoisotopic (exact) mass is 234 g/mol. The minimum absolute atomic E-state index is 0.212. The standard InChI is InChI=1S/C10H10N4OS/c1-6-2-4-7(5-3-6)8(15)12-10-14-13-9(11)16-10/h2-5H,1H3,(H2,11,13)(H,12,14,15). The number of aromatic nitrogens is 2. The molecule has 0 unspecified atom stereocenters. The van der Waals surface area contributed by atoms with Crippen molar-refractivity contribution >= 4 is 27.5 Å². The van der Waals surface area contributed by atoms with Crippen LogP contribution in [-0.4, -0.2) is 16.1 Å². The normalized spacial score (nSPS) is 10.1. The number of nitrogens with two attached hydrogens (primary N) is 1. The van der Waals surface area contributed by atoms with E-state index in [-0.39, 0.29) is 5.91 Å². The molecule has 0 fully saturated rings. The Labute approximate surface area is 96.3 Å². The SMILES string of the molecule is Cc1ccc(C(=O)Nc2nnc(N)s2)cc1. The van der Waals surface area contributed by atoms with Crippen LogP contribution in [0.25, 0.3) is 0 Å². The Morgan fingerprint density at radius 1 is 1.31 bits per heavy atom. The Balaban J connectivity index is 2.11. The molecule has 5 nitrogen and oxygen atoms in total. The maximum Gasteiger partial charge on any atom is 0.257 e. The van der Waals surface area contributed by atoms with E-state index in [1.54, 1.807) is 12.1 Å². The van der Waals surface area contributed by atoms with Crippen molar-refractivity contribution in [1.29, 1.82) is 0 Å². The van der Waals surface area contributed by atoms with Gasteiger partial charge in [-0.3, -0.25) is 10.1 Å². The number of carbonyl (C=O) groups excluding carboxylic acids is 1. The largest absolute Gasteiger partial charge is 0.374 e. The van der Waals surface area contributed by atoms with Gasteiger partial charge in [-0.2, -0.15) is 0 Å². The number of nitrogen functional groups attached to an aromatic ring is 1. The molecule has 0 saturated carbocycles. The maximum absolute atomic E-state index is 11.7. The zero-order valence-corrected chi connectivity index (χ0v) is 9.41. The van der Waals surface area contributed by atoms with Crippen LogP contribution in [0.2, 0.25) is 0 Å². The highest BCUT2D eigenvalue weighted by molar-refractivity contribution is 7.19. The number of carbonyl (C=O) groups is 1. The van der Waals surface area contributed by atoms with E-state index in [2.05, 4.69) is 15.5 Å². The minimum atomic E-state index is -0.212. The number of nitrogens with zero attached hydrogens (tertiary/aromatic N) is 2. The number of rotatable bonds is 2. The van der Waals surface area contributed by atoms with Crippen LogP contribution in [0.3, 0.4) is 0 Å². The smallest absolute Gasteiger partial charge is 0.257 e. The molecule has 0 aliphatic carbocycles. The molecule has 2 rings (SSSR count). The van der Waals surface area contributed by atoms with Gasteiger partial charge in [-0.1, -0.05) is 29.0 Å². The molecule has 82 valence electrons. The fraction of sp³-hybridized carbons (Fsp3) is 0.100. The Morgan fingerprint density at radius 2 is 2.00 bits per heavy atom. The van der Waals surface area contributed by atoms with Crippen molar-refractivity contribution in [3.63, 3.8) is 0 Å².